The molecule has 122 valence electrons. The summed E-state index contributed by atoms with van der Waals surface area (Å²) in [6.45, 7) is 4.52. The highest BCUT2D eigenvalue weighted by atomic mass is 15.4. The molecule has 0 amide bonds. The zero-order valence-electron chi connectivity index (χ0n) is 14.2. The van der Waals surface area contributed by atoms with E-state index < -0.39 is 0 Å². The Hall–Kier alpha value is -1.45. The Balaban J connectivity index is 1.99. The van der Waals surface area contributed by atoms with Gasteiger partial charge in [-0.3, -0.25) is 0 Å². The van der Waals surface area contributed by atoms with Crippen molar-refractivity contribution < 1.29 is 0 Å². The van der Waals surface area contributed by atoms with E-state index in [4.69, 9.17) is 0 Å². The van der Waals surface area contributed by atoms with Gasteiger partial charge in [-0.25, -0.2) is 9.67 Å². The summed E-state index contributed by atoms with van der Waals surface area (Å²) in [5.41, 5.74) is 1.85. The summed E-state index contributed by atoms with van der Waals surface area (Å²) in [7, 11) is 0. The zero-order chi connectivity index (χ0) is 15.6. The molecule has 0 aliphatic heterocycles. The molecule has 22 heavy (non-hydrogen) atoms. The lowest BCUT2D eigenvalue weighted by atomic mass is 10.0. The quantitative estimate of drug-likeness (QED) is 0.528. The molecular weight excluding hydrogens is 272 g/mol. The molecule has 2 aromatic heterocycles. The maximum atomic E-state index is 4.49. The van der Waals surface area contributed by atoms with Gasteiger partial charge < -0.3 is 0 Å². The van der Waals surface area contributed by atoms with E-state index in [0.29, 0.717) is 6.04 Å². The highest BCUT2D eigenvalue weighted by Gasteiger charge is 2.16. The number of hydrogen-bond acceptors (Lipinski definition) is 3. The Morgan fingerprint density at radius 2 is 1.64 bits per heavy atom. The Morgan fingerprint density at radius 1 is 0.955 bits per heavy atom. The van der Waals surface area contributed by atoms with Crippen molar-refractivity contribution in [3.05, 3.63) is 18.3 Å². The maximum Gasteiger partial charge on any atom is 0.178 e. The van der Waals surface area contributed by atoms with Crippen LogP contribution in [-0.4, -0.2) is 20.0 Å². The van der Waals surface area contributed by atoms with Crippen molar-refractivity contribution >= 4 is 11.2 Å². The first kappa shape index (κ1) is 16.9. The van der Waals surface area contributed by atoms with Crippen molar-refractivity contribution in [2.45, 2.75) is 84.1 Å². The van der Waals surface area contributed by atoms with Gasteiger partial charge in [0.05, 0.1) is 6.04 Å². The Bertz CT molecular complexity index is 535. The molecule has 1 atom stereocenters. The highest BCUT2D eigenvalue weighted by Crippen LogP contribution is 2.25. The number of unbranched alkanes of at least 4 members (excludes halogenated alkanes) is 6. The van der Waals surface area contributed by atoms with Gasteiger partial charge in [-0.05, 0) is 25.0 Å². The minimum absolute atomic E-state index is 0.452. The number of nitrogens with zero attached hydrogens (tertiary/aromatic N) is 4. The largest absolute Gasteiger partial charge is 0.235 e. The second-order valence-electron chi connectivity index (χ2n) is 6.23. The molecule has 4 heteroatoms. The van der Waals surface area contributed by atoms with Crippen molar-refractivity contribution in [2.24, 2.45) is 0 Å². The molecule has 0 saturated carbocycles. The molecular formula is C18H30N4. The number of hydrogen-bond donors (Lipinski definition) is 0. The molecule has 2 rings (SSSR count). The van der Waals surface area contributed by atoms with E-state index in [-0.39, 0.29) is 0 Å². The fourth-order valence-corrected chi connectivity index (χ4v) is 3.03. The Kier molecular flexibility index (Phi) is 7.34. The summed E-state index contributed by atoms with van der Waals surface area (Å²) < 4.78 is 2.07. The van der Waals surface area contributed by atoms with E-state index in [9.17, 15) is 0 Å². The molecule has 0 aromatic carbocycles. The molecule has 0 aliphatic carbocycles. The molecule has 2 heterocycles. The summed E-state index contributed by atoms with van der Waals surface area (Å²) in [4.78, 5) is 4.49. The lowest BCUT2D eigenvalue weighted by Crippen LogP contribution is -2.12. The van der Waals surface area contributed by atoms with Gasteiger partial charge in [0.2, 0.25) is 0 Å². The second kappa shape index (κ2) is 9.54. The second-order valence-corrected chi connectivity index (χ2v) is 6.23. The number of rotatable bonds is 11. The van der Waals surface area contributed by atoms with Crippen LogP contribution in [0, 0.1) is 0 Å². The number of aromatic nitrogens is 4. The van der Waals surface area contributed by atoms with Gasteiger partial charge in [0, 0.05) is 6.20 Å². The average molecular weight is 302 g/mol. The molecule has 4 nitrogen and oxygen atoms in total. The van der Waals surface area contributed by atoms with Crippen LogP contribution in [0.25, 0.3) is 11.2 Å². The van der Waals surface area contributed by atoms with Crippen molar-refractivity contribution in [1.82, 2.24) is 20.0 Å². The molecule has 0 fully saturated rings. The third-order valence-electron chi connectivity index (χ3n) is 4.36. The van der Waals surface area contributed by atoms with Crippen LogP contribution in [0.5, 0.6) is 0 Å². The predicted octanol–water partition coefficient (Wildman–Crippen LogP) is 5.31. The van der Waals surface area contributed by atoms with E-state index >= 15 is 0 Å². The van der Waals surface area contributed by atoms with E-state index in [0.717, 1.165) is 11.2 Å². The van der Waals surface area contributed by atoms with Gasteiger partial charge in [-0.1, -0.05) is 70.4 Å². The number of fused-ring (bicyclic) bond motifs is 1. The van der Waals surface area contributed by atoms with Crippen LogP contribution in [-0.2, 0) is 0 Å². The molecule has 0 radical (unpaired) electrons. The number of pyridine rings is 1. The van der Waals surface area contributed by atoms with Crippen LogP contribution >= 0.6 is 0 Å². The summed E-state index contributed by atoms with van der Waals surface area (Å²) in [5.74, 6) is 0. The Labute approximate surface area is 134 Å². The van der Waals surface area contributed by atoms with Crippen LogP contribution in [0.4, 0.5) is 0 Å². The third kappa shape index (κ3) is 4.79. The SMILES string of the molecule is CCCCCCCC(CCCCC)n1nnc2cccnc21. The van der Waals surface area contributed by atoms with Crippen LogP contribution in [0.3, 0.4) is 0 Å². The van der Waals surface area contributed by atoms with Crippen molar-refractivity contribution in [2.75, 3.05) is 0 Å². The molecule has 2 aromatic rings. The molecule has 0 aliphatic rings. The predicted molar refractivity (Wildman–Crippen MR) is 91.9 cm³/mol. The summed E-state index contributed by atoms with van der Waals surface area (Å²) in [5, 5.41) is 8.67. The lowest BCUT2D eigenvalue weighted by molar-refractivity contribution is 0.369. The van der Waals surface area contributed by atoms with E-state index in [1.54, 1.807) is 0 Å². The Morgan fingerprint density at radius 3 is 2.41 bits per heavy atom. The molecule has 0 saturated heterocycles. The van der Waals surface area contributed by atoms with E-state index in [1.165, 1.54) is 64.2 Å². The minimum atomic E-state index is 0.452. The summed E-state index contributed by atoms with van der Waals surface area (Å²) in [6, 6.07) is 4.38. The van der Waals surface area contributed by atoms with Crippen molar-refractivity contribution in [3.8, 4) is 0 Å². The first-order chi connectivity index (χ1) is 10.9. The third-order valence-corrected chi connectivity index (χ3v) is 4.36. The van der Waals surface area contributed by atoms with Crippen molar-refractivity contribution in [3.63, 3.8) is 0 Å². The van der Waals surface area contributed by atoms with Crippen LogP contribution in [0.1, 0.15) is 84.1 Å². The van der Waals surface area contributed by atoms with Crippen LogP contribution < -0.4 is 0 Å². The molecule has 0 spiro atoms. The first-order valence-electron chi connectivity index (χ1n) is 9.02. The zero-order valence-corrected chi connectivity index (χ0v) is 14.2. The molecule has 0 N–H and O–H groups in total. The highest BCUT2D eigenvalue weighted by molar-refractivity contribution is 5.68. The van der Waals surface area contributed by atoms with Gasteiger partial charge >= 0.3 is 0 Å². The van der Waals surface area contributed by atoms with Gasteiger partial charge in [0.25, 0.3) is 0 Å². The fraction of sp³-hybridized carbons (Fsp3) is 0.722. The van der Waals surface area contributed by atoms with Crippen molar-refractivity contribution in [1.29, 1.82) is 0 Å². The lowest BCUT2D eigenvalue weighted by Gasteiger charge is -2.17. The van der Waals surface area contributed by atoms with Gasteiger partial charge in [-0.2, -0.15) is 0 Å². The van der Waals surface area contributed by atoms with Gasteiger partial charge in [0.1, 0.15) is 5.52 Å². The topological polar surface area (TPSA) is 43.6 Å². The van der Waals surface area contributed by atoms with Gasteiger partial charge in [0.15, 0.2) is 5.65 Å². The normalized spacial score (nSPS) is 12.8. The minimum Gasteiger partial charge on any atom is -0.235 e. The van der Waals surface area contributed by atoms with Gasteiger partial charge in [-0.15, -0.1) is 5.10 Å². The molecule has 1 unspecified atom stereocenters. The van der Waals surface area contributed by atoms with E-state index in [2.05, 4.69) is 33.8 Å². The first-order valence-corrected chi connectivity index (χ1v) is 9.02. The summed E-state index contributed by atoms with van der Waals surface area (Å²) >= 11 is 0. The van der Waals surface area contributed by atoms with E-state index in [1.807, 2.05) is 18.3 Å². The smallest absolute Gasteiger partial charge is 0.178 e. The maximum absolute atomic E-state index is 4.49. The van der Waals surface area contributed by atoms with Crippen LogP contribution in [0.2, 0.25) is 0 Å². The molecule has 0 bridgehead atoms. The monoisotopic (exact) mass is 302 g/mol. The standard InChI is InChI=1S/C18H30N4/c1-3-5-7-8-10-13-16(12-9-6-4-2)22-18-17(20-21-22)14-11-15-19-18/h11,14-16H,3-10,12-13H2,1-2H3. The fourth-order valence-electron chi connectivity index (χ4n) is 3.03. The average Bonchev–Trinajstić information content (AvgIpc) is 2.97. The van der Waals surface area contributed by atoms with Crippen LogP contribution in [0.15, 0.2) is 18.3 Å². The summed E-state index contributed by atoms with van der Waals surface area (Å²) in [6.07, 6.45) is 14.7.